The Morgan fingerprint density at radius 2 is 1.93 bits per heavy atom. The van der Waals surface area contributed by atoms with Crippen LogP contribution < -0.4 is 4.74 Å². The van der Waals surface area contributed by atoms with E-state index in [0.717, 1.165) is 0 Å². The number of hydrogen-bond donors (Lipinski definition) is 2. The molecule has 15 heavy (non-hydrogen) atoms. The van der Waals surface area contributed by atoms with Crippen molar-refractivity contribution in [2.75, 3.05) is 6.61 Å². The third-order valence-corrected chi connectivity index (χ3v) is 1.81. The smallest absolute Gasteiger partial charge is 0.331 e. The van der Waals surface area contributed by atoms with Crippen LogP contribution in [0.1, 0.15) is 6.42 Å². The van der Waals surface area contributed by atoms with Crippen LogP contribution in [0.5, 0.6) is 11.5 Å². The van der Waals surface area contributed by atoms with E-state index in [0.29, 0.717) is 5.75 Å². The zero-order chi connectivity index (χ0) is 11.3. The number of carboxylic acid groups (broad SMARTS) is 1. The first-order valence-electron chi connectivity index (χ1n) is 4.42. The van der Waals surface area contributed by atoms with Crippen LogP contribution in [0.3, 0.4) is 0 Å². The monoisotopic (exact) mass is 208 g/mol. The molecule has 0 aromatic heterocycles. The van der Waals surface area contributed by atoms with E-state index in [4.69, 9.17) is 14.9 Å². The van der Waals surface area contributed by atoms with E-state index in [1.54, 1.807) is 12.1 Å². The lowest BCUT2D eigenvalue weighted by Gasteiger charge is -2.05. The first-order chi connectivity index (χ1) is 7.09. The summed E-state index contributed by atoms with van der Waals surface area (Å²) in [6, 6.07) is 6.22. The van der Waals surface area contributed by atoms with Gasteiger partial charge in [0.2, 0.25) is 0 Å². The number of phenols is 1. The van der Waals surface area contributed by atoms with Crippen molar-refractivity contribution in [2.45, 2.75) is 6.42 Å². The largest absolute Gasteiger partial charge is 0.508 e. The van der Waals surface area contributed by atoms with Gasteiger partial charge in [-0.2, -0.15) is 0 Å². The molecule has 0 fully saturated rings. The van der Waals surface area contributed by atoms with Crippen molar-refractivity contribution in [3.8, 4) is 11.5 Å². The van der Waals surface area contributed by atoms with Gasteiger partial charge in [-0.1, -0.05) is 6.58 Å². The van der Waals surface area contributed by atoms with Crippen LogP contribution in [0, 0.1) is 0 Å². The number of carbonyl (C=O) groups is 1. The molecule has 80 valence electrons. The predicted molar refractivity (Wildman–Crippen MR) is 55.0 cm³/mol. The Morgan fingerprint density at radius 1 is 1.33 bits per heavy atom. The second-order valence-corrected chi connectivity index (χ2v) is 3.00. The molecule has 0 bridgehead atoms. The number of rotatable bonds is 5. The number of hydrogen-bond acceptors (Lipinski definition) is 3. The van der Waals surface area contributed by atoms with Gasteiger partial charge in [0, 0.05) is 12.0 Å². The predicted octanol–water partition coefficient (Wildman–Crippen LogP) is 1.80. The molecule has 0 radical (unpaired) electrons. The molecule has 4 heteroatoms. The average Bonchev–Trinajstić information content (AvgIpc) is 2.20. The second-order valence-electron chi connectivity index (χ2n) is 3.00. The van der Waals surface area contributed by atoms with Crippen LogP contribution in [-0.2, 0) is 4.79 Å². The van der Waals surface area contributed by atoms with Crippen molar-refractivity contribution >= 4 is 5.97 Å². The zero-order valence-corrected chi connectivity index (χ0v) is 8.14. The van der Waals surface area contributed by atoms with Gasteiger partial charge in [0.1, 0.15) is 11.5 Å². The number of benzene rings is 1. The third-order valence-electron chi connectivity index (χ3n) is 1.81. The van der Waals surface area contributed by atoms with Gasteiger partial charge in [-0.05, 0) is 24.3 Å². The number of carboxylic acids is 1. The van der Waals surface area contributed by atoms with E-state index in [1.807, 2.05) is 0 Å². The van der Waals surface area contributed by atoms with Gasteiger partial charge < -0.3 is 14.9 Å². The highest BCUT2D eigenvalue weighted by molar-refractivity contribution is 5.85. The third kappa shape index (κ3) is 3.72. The molecule has 0 heterocycles. The van der Waals surface area contributed by atoms with Crippen molar-refractivity contribution in [1.29, 1.82) is 0 Å². The van der Waals surface area contributed by atoms with Crippen LogP contribution >= 0.6 is 0 Å². The summed E-state index contributed by atoms with van der Waals surface area (Å²) in [6.45, 7) is 3.64. The Labute approximate surface area is 87.4 Å². The minimum atomic E-state index is -1.01. The van der Waals surface area contributed by atoms with Gasteiger partial charge >= 0.3 is 5.97 Å². The number of ether oxygens (including phenoxy) is 1. The zero-order valence-electron chi connectivity index (χ0n) is 8.14. The molecule has 0 aliphatic carbocycles. The summed E-state index contributed by atoms with van der Waals surface area (Å²) < 4.78 is 5.25. The summed E-state index contributed by atoms with van der Waals surface area (Å²) >= 11 is 0. The van der Waals surface area contributed by atoms with Crippen LogP contribution in [0.15, 0.2) is 36.4 Å². The van der Waals surface area contributed by atoms with Crippen LogP contribution in [0.4, 0.5) is 0 Å². The molecule has 0 atom stereocenters. The highest BCUT2D eigenvalue weighted by atomic mass is 16.5. The summed E-state index contributed by atoms with van der Waals surface area (Å²) in [5.74, 6) is -0.257. The lowest BCUT2D eigenvalue weighted by atomic mass is 10.2. The molecule has 0 spiro atoms. The Morgan fingerprint density at radius 3 is 2.47 bits per heavy atom. The molecular formula is C11H12O4. The second kappa shape index (κ2) is 5.05. The van der Waals surface area contributed by atoms with Gasteiger partial charge in [0.05, 0.1) is 6.61 Å². The SMILES string of the molecule is C=C(CCOc1ccc(O)cc1)C(=O)O. The van der Waals surface area contributed by atoms with Crippen molar-refractivity contribution in [2.24, 2.45) is 0 Å². The van der Waals surface area contributed by atoms with Gasteiger partial charge in [0.25, 0.3) is 0 Å². The number of aliphatic carboxylic acids is 1. The molecule has 0 unspecified atom stereocenters. The van der Waals surface area contributed by atoms with E-state index in [9.17, 15) is 4.79 Å². The molecule has 0 aliphatic rings. The quantitative estimate of drug-likeness (QED) is 0.724. The number of aromatic hydroxyl groups is 1. The highest BCUT2D eigenvalue weighted by Crippen LogP contribution is 2.16. The van der Waals surface area contributed by atoms with Crippen molar-refractivity contribution in [3.05, 3.63) is 36.4 Å². The molecule has 2 N–H and O–H groups in total. The van der Waals surface area contributed by atoms with Crippen LogP contribution in [0.2, 0.25) is 0 Å². The first kappa shape index (κ1) is 11.1. The van der Waals surface area contributed by atoms with Gasteiger partial charge in [0.15, 0.2) is 0 Å². The fraction of sp³-hybridized carbons (Fsp3) is 0.182. The lowest BCUT2D eigenvalue weighted by Crippen LogP contribution is -2.05. The van der Waals surface area contributed by atoms with E-state index < -0.39 is 5.97 Å². The summed E-state index contributed by atoms with van der Waals surface area (Å²) in [5, 5.41) is 17.5. The van der Waals surface area contributed by atoms with Crippen molar-refractivity contribution in [3.63, 3.8) is 0 Å². The van der Waals surface area contributed by atoms with Gasteiger partial charge in [-0.15, -0.1) is 0 Å². The highest BCUT2D eigenvalue weighted by Gasteiger charge is 2.03. The van der Waals surface area contributed by atoms with E-state index >= 15 is 0 Å². The molecule has 0 saturated carbocycles. The van der Waals surface area contributed by atoms with E-state index in [2.05, 4.69) is 6.58 Å². The standard InChI is InChI=1S/C11H12O4/c1-8(11(13)14)6-7-15-10-4-2-9(12)3-5-10/h2-5,12H,1,6-7H2,(H,13,14). The normalized spacial score (nSPS) is 9.60. The molecule has 1 aromatic rings. The molecule has 0 aliphatic heterocycles. The Kier molecular flexibility index (Phi) is 3.74. The summed E-state index contributed by atoms with van der Waals surface area (Å²) in [5.41, 5.74) is 0.119. The van der Waals surface area contributed by atoms with Crippen molar-refractivity contribution in [1.82, 2.24) is 0 Å². The lowest BCUT2D eigenvalue weighted by molar-refractivity contribution is -0.132. The maximum Gasteiger partial charge on any atom is 0.331 e. The maximum atomic E-state index is 10.4. The summed E-state index contributed by atoms with van der Waals surface area (Å²) in [7, 11) is 0. The number of phenolic OH excluding ortho intramolecular Hbond substituents is 1. The molecule has 1 rings (SSSR count). The van der Waals surface area contributed by atoms with E-state index in [-0.39, 0.29) is 24.4 Å². The minimum Gasteiger partial charge on any atom is -0.508 e. The van der Waals surface area contributed by atoms with E-state index in [1.165, 1.54) is 12.1 Å². The van der Waals surface area contributed by atoms with Crippen molar-refractivity contribution < 1.29 is 19.7 Å². The minimum absolute atomic E-state index is 0.119. The Balaban J connectivity index is 2.35. The fourth-order valence-corrected chi connectivity index (χ4v) is 0.941. The molecule has 4 nitrogen and oxygen atoms in total. The Bertz CT molecular complexity index is 353. The topological polar surface area (TPSA) is 66.8 Å². The molecule has 0 amide bonds. The summed E-state index contributed by atoms with van der Waals surface area (Å²) in [6.07, 6.45) is 0.274. The maximum absolute atomic E-state index is 10.4. The average molecular weight is 208 g/mol. The van der Waals surface area contributed by atoms with Gasteiger partial charge in [-0.25, -0.2) is 4.79 Å². The van der Waals surface area contributed by atoms with Crippen LogP contribution in [0.25, 0.3) is 0 Å². The Hall–Kier alpha value is -1.97. The molecule has 0 saturated heterocycles. The summed E-state index contributed by atoms with van der Waals surface area (Å²) in [4.78, 5) is 10.4. The first-order valence-corrected chi connectivity index (χ1v) is 4.42. The molecule has 1 aromatic carbocycles. The van der Waals surface area contributed by atoms with Crippen LogP contribution in [-0.4, -0.2) is 22.8 Å². The fourth-order valence-electron chi connectivity index (χ4n) is 0.941. The molecular weight excluding hydrogens is 196 g/mol. The van der Waals surface area contributed by atoms with Gasteiger partial charge in [-0.3, -0.25) is 0 Å².